The number of nitrogens with zero attached hydrogens (tertiary/aromatic N) is 4. The first kappa shape index (κ1) is 26.7. The van der Waals surface area contributed by atoms with Crippen molar-refractivity contribution in [1.29, 1.82) is 0 Å². The summed E-state index contributed by atoms with van der Waals surface area (Å²) in [4.78, 5) is 32.3. The number of hydrogen-bond donors (Lipinski definition) is 0. The van der Waals surface area contributed by atoms with Crippen molar-refractivity contribution < 1.29 is 14.3 Å². The smallest absolute Gasteiger partial charge is 0.242 e. The van der Waals surface area contributed by atoms with Gasteiger partial charge in [-0.1, -0.05) is 43.3 Å². The second-order valence-corrected chi connectivity index (χ2v) is 12.4. The predicted octanol–water partition coefficient (Wildman–Crippen LogP) is 6.04. The SMILES string of the molecule is COc1ccc(-n2nc(-c3ccccc3)c3c2N(CC(=O)N2CCC(C)CC2)C(=O)CS[C@H]3c2cccs2)cc1. The number of carbonyl (C=O) groups is 2. The van der Waals surface area contributed by atoms with E-state index in [0.717, 1.165) is 59.1 Å². The van der Waals surface area contributed by atoms with Crippen LogP contribution in [0.1, 0.15) is 35.5 Å². The molecule has 2 amide bonds. The van der Waals surface area contributed by atoms with Crippen LogP contribution in [-0.4, -0.2) is 59.0 Å². The van der Waals surface area contributed by atoms with Crippen molar-refractivity contribution >= 4 is 40.7 Å². The lowest BCUT2D eigenvalue weighted by atomic mass is 9.99. The van der Waals surface area contributed by atoms with Crippen LogP contribution in [0.15, 0.2) is 72.1 Å². The molecule has 40 heavy (non-hydrogen) atoms. The van der Waals surface area contributed by atoms with Crippen LogP contribution < -0.4 is 9.64 Å². The largest absolute Gasteiger partial charge is 0.497 e. The average molecular weight is 573 g/mol. The number of likely N-dealkylation sites (tertiary alicyclic amines) is 1. The number of methoxy groups -OCH3 is 1. The van der Waals surface area contributed by atoms with Crippen LogP contribution in [0.25, 0.3) is 16.9 Å². The van der Waals surface area contributed by atoms with Crippen molar-refractivity contribution in [2.24, 2.45) is 5.92 Å². The zero-order chi connectivity index (χ0) is 27.6. The van der Waals surface area contributed by atoms with E-state index in [-0.39, 0.29) is 29.4 Å². The highest BCUT2D eigenvalue weighted by Crippen LogP contribution is 2.49. The molecule has 206 valence electrons. The Bertz CT molecular complexity index is 1480. The molecule has 0 radical (unpaired) electrons. The molecule has 4 aromatic rings. The zero-order valence-corrected chi connectivity index (χ0v) is 24.3. The Morgan fingerprint density at radius 1 is 1.02 bits per heavy atom. The van der Waals surface area contributed by atoms with E-state index < -0.39 is 0 Å². The van der Waals surface area contributed by atoms with Crippen LogP contribution in [0.2, 0.25) is 0 Å². The summed E-state index contributed by atoms with van der Waals surface area (Å²) in [7, 11) is 1.64. The lowest BCUT2D eigenvalue weighted by Gasteiger charge is -2.32. The first-order valence-electron chi connectivity index (χ1n) is 13.6. The van der Waals surface area contributed by atoms with E-state index in [1.807, 2.05) is 70.2 Å². The second kappa shape index (κ2) is 11.5. The molecular weight excluding hydrogens is 541 g/mol. The van der Waals surface area contributed by atoms with E-state index in [1.165, 1.54) is 0 Å². The van der Waals surface area contributed by atoms with Crippen molar-refractivity contribution in [3.63, 3.8) is 0 Å². The number of aromatic nitrogens is 2. The summed E-state index contributed by atoms with van der Waals surface area (Å²) in [5, 5.41) is 7.12. The molecule has 2 aromatic carbocycles. The highest BCUT2D eigenvalue weighted by Gasteiger charge is 2.38. The number of rotatable bonds is 6. The Morgan fingerprint density at radius 2 is 1.77 bits per heavy atom. The maximum atomic E-state index is 13.9. The van der Waals surface area contributed by atoms with Gasteiger partial charge >= 0.3 is 0 Å². The Kier molecular flexibility index (Phi) is 7.67. The number of thiophene rings is 1. The molecule has 7 nitrogen and oxygen atoms in total. The Labute approximate surface area is 242 Å². The number of thioether (sulfide) groups is 1. The molecule has 2 aromatic heterocycles. The summed E-state index contributed by atoms with van der Waals surface area (Å²) in [6, 6.07) is 21.9. The summed E-state index contributed by atoms with van der Waals surface area (Å²) >= 11 is 3.28. The van der Waals surface area contributed by atoms with Crippen molar-refractivity contribution in [1.82, 2.24) is 14.7 Å². The molecule has 0 N–H and O–H groups in total. The monoisotopic (exact) mass is 572 g/mol. The highest BCUT2D eigenvalue weighted by molar-refractivity contribution is 8.00. The number of hydrogen-bond acceptors (Lipinski definition) is 6. The summed E-state index contributed by atoms with van der Waals surface area (Å²) in [5.41, 5.74) is 3.54. The van der Waals surface area contributed by atoms with Gasteiger partial charge in [0.25, 0.3) is 0 Å². The molecule has 2 aliphatic heterocycles. The number of carbonyl (C=O) groups excluding carboxylic acids is 2. The van der Waals surface area contributed by atoms with Crippen LogP contribution in [0.3, 0.4) is 0 Å². The Morgan fingerprint density at radius 3 is 2.45 bits per heavy atom. The van der Waals surface area contributed by atoms with Gasteiger partial charge in [0.2, 0.25) is 11.8 Å². The molecule has 0 unspecified atom stereocenters. The molecule has 0 aliphatic carbocycles. The van der Waals surface area contributed by atoms with Crippen molar-refractivity contribution in [2.45, 2.75) is 25.0 Å². The van der Waals surface area contributed by atoms with Crippen molar-refractivity contribution in [2.75, 3.05) is 37.4 Å². The fourth-order valence-corrected chi connectivity index (χ4v) is 7.57. The lowest BCUT2D eigenvalue weighted by Crippen LogP contribution is -2.46. The number of piperidine rings is 1. The third-order valence-corrected chi connectivity index (χ3v) is 10.0. The normalized spacial score (nSPS) is 17.9. The van der Waals surface area contributed by atoms with E-state index in [0.29, 0.717) is 11.7 Å². The molecule has 0 bridgehead atoms. The molecule has 1 saturated heterocycles. The Balaban J connectivity index is 1.54. The average Bonchev–Trinajstić information content (AvgIpc) is 3.63. The molecular formula is C31H32N4O3S2. The third kappa shape index (κ3) is 5.15. The number of benzene rings is 2. The Hall–Kier alpha value is -3.56. The van der Waals surface area contributed by atoms with Crippen LogP contribution in [-0.2, 0) is 9.59 Å². The molecule has 6 rings (SSSR count). The maximum absolute atomic E-state index is 13.9. The van der Waals surface area contributed by atoms with Crippen LogP contribution in [0.5, 0.6) is 5.75 Å². The van der Waals surface area contributed by atoms with Gasteiger partial charge in [0.15, 0.2) is 0 Å². The molecule has 2 aliphatic rings. The van der Waals surface area contributed by atoms with Gasteiger partial charge in [-0.2, -0.15) is 5.10 Å². The maximum Gasteiger partial charge on any atom is 0.242 e. The highest BCUT2D eigenvalue weighted by atomic mass is 32.2. The minimum Gasteiger partial charge on any atom is -0.497 e. The van der Waals surface area contributed by atoms with Gasteiger partial charge in [0.05, 0.1) is 29.5 Å². The van der Waals surface area contributed by atoms with Gasteiger partial charge in [-0.3, -0.25) is 14.5 Å². The predicted molar refractivity (Wildman–Crippen MR) is 162 cm³/mol. The fraction of sp³-hybridized carbons (Fsp3) is 0.323. The minimum atomic E-state index is -0.0999. The van der Waals surface area contributed by atoms with Crippen molar-refractivity contribution in [3.05, 3.63) is 82.6 Å². The van der Waals surface area contributed by atoms with Gasteiger partial charge in [0.1, 0.15) is 18.1 Å². The van der Waals surface area contributed by atoms with E-state index in [2.05, 4.69) is 18.4 Å². The minimum absolute atomic E-state index is 0.00594. The number of fused-ring (bicyclic) bond motifs is 1. The molecule has 4 heterocycles. The van der Waals surface area contributed by atoms with Crippen LogP contribution >= 0.6 is 23.1 Å². The third-order valence-electron chi connectivity index (χ3n) is 7.68. The van der Waals surface area contributed by atoms with E-state index in [4.69, 9.17) is 9.84 Å². The first-order chi connectivity index (χ1) is 19.5. The van der Waals surface area contributed by atoms with E-state index in [9.17, 15) is 9.59 Å². The van der Waals surface area contributed by atoms with Crippen molar-refractivity contribution in [3.8, 4) is 22.7 Å². The molecule has 0 spiro atoms. The number of amides is 2. The lowest BCUT2D eigenvalue weighted by molar-refractivity contribution is -0.132. The van der Waals surface area contributed by atoms with E-state index in [1.54, 1.807) is 35.1 Å². The quantitative estimate of drug-likeness (QED) is 0.282. The fourth-order valence-electron chi connectivity index (χ4n) is 5.39. The number of ether oxygens (including phenoxy) is 1. The molecule has 1 atom stereocenters. The molecule has 0 saturated carbocycles. The summed E-state index contributed by atoms with van der Waals surface area (Å²) in [6.07, 6.45) is 1.98. The zero-order valence-electron chi connectivity index (χ0n) is 22.7. The van der Waals surface area contributed by atoms with Gasteiger partial charge in [-0.15, -0.1) is 23.1 Å². The topological polar surface area (TPSA) is 67.7 Å². The van der Waals surface area contributed by atoms with Gasteiger partial charge in [-0.05, 0) is 54.5 Å². The summed E-state index contributed by atoms with van der Waals surface area (Å²) in [5.74, 6) is 2.19. The standard InChI is InChI=1S/C31H32N4O3S2/c1-21-14-16-33(17-15-21)26(36)19-34-27(37)20-40-30(25-9-6-18-39-25)28-29(22-7-4-3-5-8-22)32-35(31(28)34)23-10-12-24(38-2)13-11-23/h3-13,18,21,30H,14-17,19-20H2,1-2H3/t30-/m0/s1. The number of anilines is 1. The summed E-state index contributed by atoms with van der Waals surface area (Å²) < 4.78 is 7.24. The molecule has 1 fully saturated rings. The summed E-state index contributed by atoms with van der Waals surface area (Å²) in [6.45, 7) is 3.68. The van der Waals surface area contributed by atoms with Crippen LogP contribution in [0.4, 0.5) is 5.82 Å². The second-order valence-electron chi connectivity index (χ2n) is 10.3. The molecule has 9 heteroatoms. The van der Waals surface area contributed by atoms with Gasteiger partial charge in [0, 0.05) is 29.1 Å². The van der Waals surface area contributed by atoms with Gasteiger partial charge < -0.3 is 9.64 Å². The van der Waals surface area contributed by atoms with Gasteiger partial charge in [-0.25, -0.2) is 4.68 Å². The van der Waals surface area contributed by atoms with Crippen LogP contribution in [0, 0.1) is 5.92 Å². The first-order valence-corrected chi connectivity index (χ1v) is 15.5. The van der Waals surface area contributed by atoms with E-state index >= 15 is 0 Å².